The first-order valence-electron chi connectivity index (χ1n) is 8.42. The van der Waals surface area contributed by atoms with E-state index in [0.717, 1.165) is 0 Å². The average molecular weight is 723 g/mol. The highest BCUT2D eigenvalue weighted by Gasteiger charge is 2.37. The molecular weight excluding hydrogens is 703 g/mol. The average Bonchev–Trinajstić information content (AvgIpc) is 2.56. The molecule has 1 aromatic rings. The summed E-state index contributed by atoms with van der Waals surface area (Å²) in [5, 5.41) is 0. The maximum Gasteiger partial charge on any atom is 0.255 e. The Morgan fingerprint density at radius 3 is 1.89 bits per heavy atom. The lowest BCUT2D eigenvalue weighted by Gasteiger charge is -2.33. The molecule has 0 aliphatic carbocycles. The minimum absolute atomic E-state index is 0.0161. The summed E-state index contributed by atoms with van der Waals surface area (Å²) in [5.41, 5.74) is 1.29. The molecule has 1 fully saturated rings. The first-order chi connectivity index (χ1) is 12.9. The van der Waals surface area contributed by atoms with Crippen LogP contribution in [-0.4, -0.2) is 49.7 Å². The van der Waals surface area contributed by atoms with Gasteiger partial charge in [-0.05, 0) is 73.7 Å². The molecule has 7 nitrogen and oxygen atoms in total. The van der Waals surface area contributed by atoms with E-state index in [0.29, 0.717) is 27.6 Å². The van der Waals surface area contributed by atoms with E-state index >= 15 is 0 Å². The molecule has 0 unspecified atom stereocenters. The summed E-state index contributed by atoms with van der Waals surface area (Å²) in [6.07, 6.45) is 0.525. The van der Waals surface area contributed by atoms with Gasteiger partial charge in [0.1, 0.15) is 0 Å². The standard InChI is InChI=1S/C18H20I3N3O4/c1-8-6-10(26)24(11(27)7-8)17-14(20)12(18(28)22(3)4)13(19)16(15(17)21)23(5)9(2)25/h8H,6-7H2,1-5H3. The molecule has 0 radical (unpaired) electrons. The van der Waals surface area contributed by atoms with Crippen molar-refractivity contribution < 1.29 is 19.2 Å². The van der Waals surface area contributed by atoms with Gasteiger partial charge in [0.15, 0.2) is 0 Å². The highest BCUT2D eigenvalue weighted by atomic mass is 127. The molecule has 0 saturated carbocycles. The first kappa shape index (κ1) is 23.8. The minimum atomic E-state index is -0.291. The van der Waals surface area contributed by atoms with Crippen LogP contribution in [0.25, 0.3) is 0 Å². The monoisotopic (exact) mass is 723 g/mol. The second-order valence-electron chi connectivity index (χ2n) is 6.93. The van der Waals surface area contributed by atoms with Crippen LogP contribution in [0.15, 0.2) is 0 Å². The van der Waals surface area contributed by atoms with E-state index in [9.17, 15) is 19.2 Å². The van der Waals surface area contributed by atoms with Gasteiger partial charge in [0.05, 0.1) is 27.6 Å². The van der Waals surface area contributed by atoms with Gasteiger partial charge in [0.2, 0.25) is 17.7 Å². The third-order valence-corrected chi connectivity index (χ3v) is 7.59. The first-order valence-corrected chi connectivity index (χ1v) is 11.7. The molecular formula is C18H20I3N3O4. The molecule has 10 heteroatoms. The van der Waals surface area contributed by atoms with E-state index in [1.165, 1.54) is 21.6 Å². The van der Waals surface area contributed by atoms with Gasteiger partial charge in [-0.1, -0.05) is 6.92 Å². The van der Waals surface area contributed by atoms with Crippen LogP contribution in [-0.2, 0) is 14.4 Å². The van der Waals surface area contributed by atoms with Crippen LogP contribution in [0.4, 0.5) is 11.4 Å². The van der Waals surface area contributed by atoms with E-state index in [1.807, 2.05) is 29.5 Å². The third kappa shape index (κ3) is 4.32. The maximum absolute atomic E-state index is 12.9. The van der Waals surface area contributed by atoms with Gasteiger partial charge in [-0.25, -0.2) is 4.90 Å². The molecule has 0 N–H and O–H groups in total. The fourth-order valence-electron chi connectivity index (χ4n) is 2.94. The molecule has 1 aliphatic heterocycles. The highest BCUT2D eigenvalue weighted by Crippen LogP contribution is 2.43. The Morgan fingerprint density at radius 1 is 0.964 bits per heavy atom. The summed E-state index contributed by atoms with van der Waals surface area (Å²) in [7, 11) is 4.89. The molecule has 0 aromatic heterocycles. The fraction of sp³-hybridized carbons (Fsp3) is 0.444. The summed E-state index contributed by atoms with van der Waals surface area (Å²) in [6.45, 7) is 3.29. The molecule has 4 amide bonds. The molecule has 0 spiro atoms. The zero-order chi connectivity index (χ0) is 21.5. The van der Waals surface area contributed by atoms with Gasteiger partial charge in [-0.15, -0.1) is 0 Å². The summed E-state index contributed by atoms with van der Waals surface area (Å²) in [4.78, 5) is 54.6. The molecule has 1 saturated heterocycles. The predicted octanol–water partition coefficient (Wildman–Crippen LogP) is 3.47. The Bertz CT molecular complexity index is 868. The number of anilines is 2. The normalized spacial score (nSPS) is 15.1. The number of piperidine rings is 1. The number of rotatable bonds is 3. The van der Waals surface area contributed by atoms with Crippen molar-refractivity contribution in [2.24, 2.45) is 5.92 Å². The lowest BCUT2D eigenvalue weighted by molar-refractivity contribution is -0.130. The number of hydrogen-bond donors (Lipinski definition) is 0. The van der Waals surface area contributed by atoms with Crippen LogP contribution in [0.1, 0.15) is 37.0 Å². The van der Waals surface area contributed by atoms with Gasteiger partial charge in [-0.3, -0.25) is 19.2 Å². The van der Waals surface area contributed by atoms with Gasteiger partial charge in [0, 0.05) is 40.9 Å². The second-order valence-corrected chi connectivity index (χ2v) is 10.2. The van der Waals surface area contributed by atoms with Crippen LogP contribution in [0.3, 0.4) is 0 Å². The Labute approximate surface area is 205 Å². The number of benzene rings is 1. The number of hydrogen-bond acceptors (Lipinski definition) is 4. The number of nitrogens with zero attached hydrogens (tertiary/aromatic N) is 3. The molecule has 152 valence electrons. The molecule has 0 bridgehead atoms. The van der Waals surface area contributed by atoms with Crippen LogP contribution >= 0.6 is 67.8 Å². The number of carbonyl (C=O) groups is 4. The molecule has 1 heterocycles. The topological polar surface area (TPSA) is 78.0 Å². The predicted molar refractivity (Wildman–Crippen MR) is 133 cm³/mol. The quantitative estimate of drug-likeness (QED) is 0.354. The van der Waals surface area contributed by atoms with Crippen molar-refractivity contribution in [3.63, 3.8) is 0 Å². The smallest absolute Gasteiger partial charge is 0.255 e. The van der Waals surface area contributed by atoms with Crippen molar-refractivity contribution in [3.05, 3.63) is 16.3 Å². The van der Waals surface area contributed by atoms with E-state index in [1.54, 1.807) is 21.1 Å². The van der Waals surface area contributed by atoms with Crippen molar-refractivity contribution >= 4 is 103 Å². The molecule has 1 aromatic carbocycles. The van der Waals surface area contributed by atoms with Crippen LogP contribution < -0.4 is 9.80 Å². The third-order valence-electron chi connectivity index (χ3n) is 4.47. The van der Waals surface area contributed by atoms with E-state index in [2.05, 4.69) is 45.2 Å². The van der Waals surface area contributed by atoms with Crippen molar-refractivity contribution in [2.75, 3.05) is 30.9 Å². The van der Waals surface area contributed by atoms with Crippen molar-refractivity contribution in [2.45, 2.75) is 26.7 Å². The zero-order valence-corrected chi connectivity index (χ0v) is 22.6. The maximum atomic E-state index is 12.9. The number of carbonyl (C=O) groups excluding carboxylic acids is 4. The Kier molecular flexibility index (Phi) is 7.72. The van der Waals surface area contributed by atoms with Crippen LogP contribution in [0.5, 0.6) is 0 Å². The van der Waals surface area contributed by atoms with E-state index < -0.39 is 0 Å². The van der Waals surface area contributed by atoms with Crippen molar-refractivity contribution in [1.29, 1.82) is 0 Å². The molecule has 2 rings (SSSR count). The van der Waals surface area contributed by atoms with Crippen LogP contribution in [0.2, 0.25) is 0 Å². The van der Waals surface area contributed by atoms with Crippen molar-refractivity contribution in [1.82, 2.24) is 4.90 Å². The van der Waals surface area contributed by atoms with Crippen LogP contribution in [0, 0.1) is 16.6 Å². The van der Waals surface area contributed by atoms with Crippen molar-refractivity contribution in [3.8, 4) is 0 Å². The fourth-order valence-corrected chi connectivity index (χ4v) is 7.77. The number of halogens is 3. The van der Waals surface area contributed by atoms with E-state index in [4.69, 9.17) is 0 Å². The van der Waals surface area contributed by atoms with E-state index in [-0.39, 0.29) is 42.4 Å². The number of amides is 4. The largest absolute Gasteiger partial charge is 0.345 e. The molecule has 1 aliphatic rings. The van der Waals surface area contributed by atoms with Gasteiger partial charge in [0.25, 0.3) is 5.91 Å². The SMILES string of the molecule is CC(=O)N(C)c1c(I)c(C(=O)N(C)C)c(I)c(N2C(=O)CC(C)CC2=O)c1I. The summed E-state index contributed by atoms with van der Waals surface area (Å²) in [5.74, 6) is -1.07. The number of imide groups is 1. The van der Waals surface area contributed by atoms with Gasteiger partial charge in [-0.2, -0.15) is 0 Å². The van der Waals surface area contributed by atoms with Gasteiger partial charge < -0.3 is 9.80 Å². The van der Waals surface area contributed by atoms with Gasteiger partial charge >= 0.3 is 0 Å². The lowest BCUT2D eigenvalue weighted by Crippen LogP contribution is -2.44. The molecule has 0 atom stereocenters. The summed E-state index contributed by atoms with van der Waals surface area (Å²) >= 11 is 6.12. The minimum Gasteiger partial charge on any atom is -0.345 e. The highest BCUT2D eigenvalue weighted by molar-refractivity contribution is 14.1. The lowest BCUT2D eigenvalue weighted by atomic mass is 9.97. The Balaban J connectivity index is 2.89. The zero-order valence-electron chi connectivity index (χ0n) is 16.1. The second kappa shape index (κ2) is 9.10. The Morgan fingerprint density at radius 2 is 1.46 bits per heavy atom. The summed E-state index contributed by atoms with van der Waals surface area (Å²) < 4.78 is 1.73. The Hall–Kier alpha value is -0.510. The summed E-state index contributed by atoms with van der Waals surface area (Å²) in [6, 6.07) is 0. The molecule has 28 heavy (non-hydrogen) atoms.